The lowest BCUT2D eigenvalue weighted by Crippen LogP contribution is -2.02. The van der Waals surface area contributed by atoms with Gasteiger partial charge in [-0.05, 0) is 35.9 Å². The summed E-state index contributed by atoms with van der Waals surface area (Å²) in [5, 5.41) is 12.0. The van der Waals surface area contributed by atoms with Crippen molar-refractivity contribution < 1.29 is 4.74 Å². The average molecular weight is 253 g/mol. The fraction of sp³-hybridized carbons (Fsp3) is 0.133. The molecule has 0 saturated heterocycles. The second-order valence-corrected chi connectivity index (χ2v) is 4.12. The molecule has 0 atom stereocenters. The molecule has 0 aromatic heterocycles. The van der Waals surface area contributed by atoms with Crippen LogP contribution < -0.4 is 15.8 Å². The van der Waals surface area contributed by atoms with Crippen LogP contribution in [0.3, 0.4) is 0 Å². The van der Waals surface area contributed by atoms with E-state index >= 15 is 0 Å². The number of benzene rings is 2. The van der Waals surface area contributed by atoms with Crippen LogP contribution >= 0.6 is 0 Å². The summed E-state index contributed by atoms with van der Waals surface area (Å²) in [7, 11) is 1.64. The predicted octanol–water partition coefficient (Wildman–Crippen LogP) is 2.76. The number of nitrogens with two attached hydrogens (primary N) is 1. The van der Waals surface area contributed by atoms with Crippen molar-refractivity contribution in [3.63, 3.8) is 0 Å². The maximum atomic E-state index is 8.78. The highest BCUT2D eigenvalue weighted by molar-refractivity contribution is 5.68. The van der Waals surface area contributed by atoms with E-state index in [4.69, 9.17) is 15.7 Å². The van der Waals surface area contributed by atoms with Crippen LogP contribution in [0.15, 0.2) is 42.5 Å². The minimum atomic E-state index is 0.560. The van der Waals surface area contributed by atoms with Gasteiger partial charge >= 0.3 is 0 Å². The van der Waals surface area contributed by atoms with Gasteiger partial charge in [-0.25, -0.2) is 0 Å². The van der Waals surface area contributed by atoms with E-state index in [2.05, 4.69) is 11.4 Å². The third-order valence-electron chi connectivity index (χ3n) is 2.80. The van der Waals surface area contributed by atoms with Gasteiger partial charge in [0.25, 0.3) is 0 Å². The second kappa shape index (κ2) is 5.78. The summed E-state index contributed by atoms with van der Waals surface area (Å²) in [6.07, 6.45) is 0. The van der Waals surface area contributed by atoms with Gasteiger partial charge in [0.15, 0.2) is 0 Å². The lowest BCUT2D eigenvalue weighted by Gasteiger charge is -2.10. The number of nitriles is 1. The minimum Gasteiger partial charge on any atom is -0.497 e. The predicted molar refractivity (Wildman–Crippen MR) is 75.9 cm³/mol. The highest BCUT2D eigenvalue weighted by atomic mass is 16.5. The number of anilines is 2. The Hall–Kier alpha value is -2.67. The first-order valence-electron chi connectivity index (χ1n) is 5.89. The molecule has 0 fully saturated rings. The van der Waals surface area contributed by atoms with Crippen molar-refractivity contribution in [3.8, 4) is 11.8 Å². The van der Waals surface area contributed by atoms with E-state index in [-0.39, 0.29) is 0 Å². The van der Waals surface area contributed by atoms with Gasteiger partial charge in [-0.3, -0.25) is 0 Å². The quantitative estimate of drug-likeness (QED) is 0.822. The molecule has 2 aromatic carbocycles. The summed E-state index contributed by atoms with van der Waals surface area (Å²) >= 11 is 0. The zero-order valence-corrected chi connectivity index (χ0v) is 10.7. The Bertz CT molecular complexity index is 617. The SMILES string of the molecule is COc1cccc(CNc2ccc(C#N)cc2N)c1. The summed E-state index contributed by atoms with van der Waals surface area (Å²) in [5.41, 5.74) is 8.93. The molecule has 4 nitrogen and oxygen atoms in total. The molecule has 0 unspecified atom stereocenters. The third-order valence-corrected chi connectivity index (χ3v) is 2.80. The van der Waals surface area contributed by atoms with Crippen LogP contribution in [0.4, 0.5) is 11.4 Å². The first-order valence-corrected chi connectivity index (χ1v) is 5.89. The van der Waals surface area contributed by atoms with Crippen LogP contribution in [0.2, 0.25) is 0 Å². The molecule has 0 spiro atoms. The topological polar surface area (TPSA) is 71.1 Å². The monoisotopic (exact) mass is 253 g/mol. The zero-order chi connectivity index (χ0) is 13.7. The number of nitrogens with one attached hydrogen (secondary N) is 1. The lowest BCUT2D eigenvalue weighted by molar-refractivity contribution is 0.414. The molecule has 3 N–H and O–H groups in total. The van der Waals surface area contributed by atoms with Gasteiger partial charge in [-0.15, -0.1) is 0 Å². The van der Waals surface area contributed by atoms with Crippen molar-refractivity contribution in [1.82, 2.24) is 0 Å². The normalized spacial score (nSPS) is 9.68. The van der Waals surface area contributed by atoms with Crippen LogP contribution in [0, 0.1) is 11.3 Å². The molecular formula is C15H15N3O. The van der Waals surface area contributed by atoms with Crippen LogP contribution in [0.5, 0.6) is 5.75 Å². The molecule has 0 radical (unpaired) electrons. The smallest absolute Gasteiger partial charge is 0.119 e. The molecule has 19 heavy (non-hydrogen) atoms. The van der Waals surface area contributed by atoms with E-state index in [1.54, 1.807) is 19.2 Å². The van der Waals surface area contributed by atoms with Crippen molar-refractivity contribution in [2.45, 2.75) is 6.54 Å². The van der Waals surface area contributed by atoms with Crippen molar-refractivity contribution in [2.75, 3.05) is 18.2 Å². The third kappa shape index (κ3) is 3.17. The standard InChI is InChI=1S/C15H15N3O/c1-19-13-4-2-3-12(7-13)10-18-15-6-5-11(9-16)8-14(15)17/h2-8,18H,10,17H2,1H3. The van der Waals surface area contributed by atoms with Gasteiger partial charge in [-0.2, -0.15) is 5.26 Å². The average Bonchev–Trinajstić information content (AvgIpc) is 2.46. The summed E-state index contributed by atoms with van der Waals surface area (Å²) in [4.78, 5) is 0. The van der Waals surface area contributed by atoms with Gasteiger partial charge in [0, 0.05) is 6.54 Å². The van der Waals surface area contributed by atoms with E-state index in [1.807, 2.05) is 30.3 Å². The van der Waals surface area contributed by atoms with Crippen molar-refractivity contribution in [1.29, 1.82) is 5.26 Å². The first-order chi connectivity index (χ1) is 9.22. The number of hydrogen-bond acceptors (Lipinski definition) is 4. The number of nitrogens with zero attached hydrogens (tertiary/aromatic N) is 1. The molecule has 0 aliphatic heterocycles. The number of methoxy groups -OCH3 is 1. The fourth-order valence-electron chi connectivity index (χ4n) is 1.77. The van der Waals surface area contributed by atoms with Crippen LogP contribution in [0.25, 0.3) is 0 Å². The summed E-state index contributed by atoms with van der Waals surface area (Å²) in [6.45, 7) is 0.646. The zero-order valence-electron chi connectivity index (χ0n) is 10.7. The van der Waals surface area contributed by atoms with Crippen molar-refractivity contribution >= 4 is 11.4 Å². The van der Waals surface area contributed by atoms with Crippen LogP contribution in [-0.4, -0.2) is 7.11 Å². The van der Waals surface area contributed by atoms with E-state index in [9.17, 15) is 0 Å². The van der Waals surface area contributed by atoms with Crippen LogP contribution in [0.1, 0.15) is 11.1 Å². The fourth-order valence-corrected chi connectivity index (χ4v) is 1.77. The maximum absolute atomic E-state index is 8.78. The molecule has 2 rings (SSSR count). The second-order valence-electron chi connectivity index (χ2n) is 4.12. The Morgan fingerprint density at radius 3 is 2.79 bits per heavy atom. The molecule has 0 heterocycles. The number of ether oxygens (including phenoxy) is 1. The van der Waals surface area contributed by atoms with E-state index < -0.39 is 0 Å². The molecular weight excluding hydrogens is 238 g/mol. The molecule has 0 saturated carbocycles. The van der Waals surface area contributed by atoms with Gasteiger partial charge in [0.2, 0.25) is 0 Å². The molecule has 2 aromatic rings. The summed E-state index contributed by atoms with van der Waals surface area (Å²) in [5.74, 6) is 0.826. The number of hydrogen-bond donors (Lipinski definition) is 2. The number of rotatable bonds is 4. The van der Waals surface area contributed by atoms with Crippen LogP contribution in [-0.2, 0) is 6.54 Å². The highest BCUT2D eigenvalue weighted by Gasteiger charge is 2.01. The molecule has 0 bridgehead atoms. The van der Waals surface area contributed by atoms with E-state index in [1.165, 1.54) is 0 Å². The summed E-state index contributed by atoms with van der Waals surface area (Å²) < 4.78 is 5.17. The minimum absolute atomic E-state index is 0.560. The van der Waals surface area contributed by atoms with Gasteiger partial charge < -0.3 is 15.8 Å². The van der Waals surface area contributed by atoms with Gasteiger partial charge in [0.05, 0.1) is 30.1 Å². The number of nitrogen functional groups attached to an aromatic ring is 1. The van der Waals surface area contributed by atoms with E-state index in [0.29, 0.717) is 17.8 Å². The molecule has 4 heteroatoms. The maximum Gasteiger partial charge on any atom is 0.119 e. The molecule has 0 aliphatic carbocycles. The van der Waals surface area contributed by atoms with Crippen molar-refractivity contribution in [3.05, 3.63) is 53.6 Å². The molecule has 96 valence electrons. The lowest BCUT2D eigenvalue weighted by atomic mass is 10.1. The molecule has 0 amide bonds. The summed E-state index contributed by atoms with van der Waals surface area (Å²) in [6, 6.07) is 15.1. The molecule has 0 aliphatic rings. The Balaban J connectivity index is 2.08. The Morgan fingerprint density at radius 2 is 2.11 bits per heavy atom. The first kappa shape index (κ1) is 12.8. The Kier molecular flexibility index (Phi) is 3.89. The Morgan fingerprint density at radius 1 is 1.26 bits per heavy atom. The van der Waals surface area contributed by atoms with Crippen molar-refractivity contribution in [2.24, 2.45) is 0 Å². The largest absolute Gasteiger partial charge is 0.497 e. The van der Waals surface area contributed by atoms with E-state index in [0.717, 1.165) is 17.0 Å². The Labute approximate surface area is 112 Å². The highest BCUT2D eigenvalue weighted by Crippen LogP contribution is 2.21. The van der Waals surface area contributed by atoms with Gasteiger partial charge in [-0.1, -0.05) is 12.1 Å². The van der Waals surface area contributed by atoms with Gasteiger partial charge in [0.1, 0.15) is 5.75 Å².